The van der Waals surface area contributed by atoms with Gasteiger partial charge in [-0.05, 0) is 45.8 Å². The fraction of sp³-hybridized carbons (Fsp3) is 0.650. The maximum absolute atomic E-state index is 5.56. The van der Waals surface area contributed by atoms with Gasteiger partial charge in [0.1, 0.15) is 5.75 Å². The maximum Gasteiger partial charge on any atom is 0.193 e. The molecule has 148 valence electrons. The Kier molecular flexibility index (Phi) is 10.3. The predicted molar refractivity (Wildman–Crippen MR) is 121 cm³/mol. The van der Waals surface area contributed by atoms with Crippen LogP contribution in [-0.4, -0.2) is 63.1 Å². The SMILES string of the molecule is CCNC(=NCC(c1ccccc1OC)N(C)C)N1CCC(C)CC1.I. The number of nitrogens with one attached hydrogen (secondary N) is 1. The quantitative estimate of drug-likeness (QED) is 0.389. The van der Waals surface area contributed by atoms with Crippen molar-refractivity contribution in [3.05, 3.63) is 29.8 Å². The minimum atomic E-state index is 0. The molecule has 1 aliphatic heterocycles. The van der Waals surface area contributed by atoms with Crippen LogP contribution in [0.2, 0.25) is 0 Å². The van der Waals surface area contributed by atoms with Crippen molar-refractivity contribution in [3.63, 3.8) is 0 Å². The Morgan fingerprint density at radius 1 is 1.31 bits per heavy atom. The third-order valence-corrected chi connectivity index (χ3v) is 4.95. The zero-order valence-electron chi connectivity index (χ0n) is 16.9. The number of para-hydroxylation sites is 1. The first-order chi connectivity index (χ1) is 12.1. The number of likely N-dealkylation sites (N-methyl/N-ethyl adjacent to an activating group) is 1. The summed E-state index contributed by atoms with van der Waals surface area (Å²) >= 11 is 0. The monoisotopic (exact) mass is 474 g/mol. The van der Waals surface area contributed by atoms with Crippen LogP contribution in [0, 0.1) is 5.92 Å². The number of guanidine groups is 1. The van der Waals surface area contributed by atoms with Crippen LogP contribution >= 0.6 is 24.0 Å². The molecular weight excluding hydrogens is 439 g/mol. The van der Waals surface area contributed by atoms with Crippen molar-refractivity contribution in [2.75, 3.05) is 47.4 Å². The summed E-state index contributed by atoms with van der Waals surface area (Å²) in [7, 11) is 5.93. The highest BCUT2D eigenvalue weighted by Gasteiger charge is 2.21. The van der Waals surface area contributed by atoms with Crippen molar-refractivity contribution in [2.45, 2.75) is 32.7 Å². The third-order valence-electron chi connectivity index (χ3n) is 4.95. The molecular formula is C20H35IN4O. The molecule has 26 heavy (non-hydrogen) atoms. The van der Waals surface area contributed by atoms with E-state index in [4.69, 9.17) is 9.73 Å². The average molecular weight is 474 g/mol. The molecule has 2 rings (SSSR count). The summed E-state index contributed by atoms with van der Waals surface area (Å²) in [6.45, 7) is 8.26. The normalized spacial score (nSPS) is 17.0. The fourth-order valence-electron chi connectivity index (χ4n) is 3.30. The number of rotatable bonds is 6. The Labute approximate surface area is 176 Å². The molecule has 1 unspecified atom stereocenters. The largest absolute Gasteiger partial charge is 0.496 e. The van der Waals surface area contributed by atoms with E-state index in [0.717, 1.165) is 37.3 Å². The number of benzene rings is 1. The number of ether oxygens (including phenoxy) is 1. The molecule has 1 aliphatic rings. The molecule has 0 amide bonds. The van der Waals surface area contributed by atoms with Gasteiger partial charge in [0, 0.05) is 25.2 Å². The summed E-state index contributed by atoms with van der Waals surface area (Å²) < 4.78 is 5.56. The average Bonchev–Trinajstić information content (AvgIpc) is 2.62. The first-order valence-electron chi connectivity index (χ1n) is 9.39. The van der Waals surface area contributed by atoms with Gasteiger partial charge in [-0.15, -0.1) is 24.0 Å². The molecule has 0 bridgehead atoms. The molecule has 1 heterocycles. The first-order valence-corrected chi connectivity index (χ1v) is 9.39. The molecule has 6 heteroatoms. The molecule has 0 radical (unpaired) electrons. The topological polar surface area (TPSA) is 40.1 Å². The Morgan fingerprint density at radius 3 is 2.54 bits per heavy atom. The van der Waals surface area contributed by atoms with Crippen LogP contribution in [-0.2, 0) is 0 Å². The van der Waals surface area contributed by atoms with E-state index >= 15 is 0 Å². The summed E-state index contributed by atoms with van der Waals surface area (Å²) in [5.74, 6) is 2.78. The first kappa shape index (κ1) is 23.0. The smallest absolute Gasteiger partial charge is 0.193 e. The second-order valence-electron chi connectivity index (χ2n) is 7.09. The molecule has 0 aromatic heterocycles. The molecule has 1 N–H and O–H groups in total. The van der Waals surface area contributed by atoms with Crippen molar-refractivity contribution in [1.82, 2.24) is 15.1 Å². The lowest BCUT2D eigenvalue weighted by Crippen LogP contribution is -2.45. The predicted octanol–water partition coefficient (Wildman–Crippen LogP) is 3.61. The van der Waals surface area contributed by atoms with Crippen LogP contribution in [0.15, 0.2) is 29.3 Å². The molecule has 5 nitrogen and oxygen atoms in total. The summed E-state index contributed by atoms with van der Waals surface area (Å²) in [4.78, 5) is 9.58. The Morgan fingerprint density at radius 2 is 1.96 bits per heavy atom. The number of aliphatic imine (C=N–C) groups is 1. The van der Waals surface area contributed by atoms with Crippen molar-refractivity contribution >= 4 is 29.9 Å². The van der Waals surface area contributed by atoms with Gasteiger partial charge in [-0.3, -0.25) is 4.99 Å². The Hall–Kier alpha value is -1.02. The standard InChI is InChI=1S/C20H34N4O.HI/c1-6-21-20(24-13-11-16(2)12-14-24)22-15-18(23(3)4)17-9-7-8-10-19(17)25-5;/h7-10,16,18H,6,11-15H2,1-5H3,(H,21,22);1H. The van der Waals surface area contributed by atoms with E-state index in [1.165, 1.54) is 18.4 Å². The Bertz CT molecular complexity index is 556. The van der Waals surface area contributed by atoms with Crippen molar-refractivity contribution < 1.29 is 4.74 Å². The molecule has 1 saturated heterocycles. The number of hydrogen-bond donors (Lipinski definition) is 1. The lowest BCUT2D eigenvalue weighted by atomic mass is 9.99. The number of likely N-dealkylation sites (tertiary alicyclic amines) is 1. The van der Waals surface area contributed by atoms with Gasteiger partial charge < -0.3 is 19.9 Å². The fourth-order valence-corrected chi connectivity index (χ4v) is 3.30. The molecule has 0 spiro atoms. The summed E-state index contributed by atoms with van der Waals surface area (Å²) in [5, 5.41) is 3.47. The van der Waals surface area contributed by atoms with Gasteiger partial charge in [0.15, 0.2) is 5.96 Å². The molecule has 1 aromatic rings. The van der Waals surface area contributed by atoms with Crippen LogP contribution < -0.4 is 10.1 Å². The summed E-state index contributed by atoms with van der Waals surface area (Å²) in [5.41, 5.74) is 1.18. The number of hydrogen-bond acceptors (Lipinski definition) is 3. The highest BCUT2D eigenvalue weighted by Crippen LogP contribution is 2.28. The van der Waals surface area contributed by atoms with E-state index in [9.17, 15) is 0 Å². The number of piperidine rings is 1. The van der Waals surface area contributed by atoms with Gasteiger partial charge in [0.05, 0.1) is 19.7 Å². The molecule has 1 aromatic carbocycles. The summed E-state index contributed by atoms with van der Waals surface area (Å²) in [6.07, 6.45) is 2.49. The van der Waals surface area contributed by atoms with Crippen LogP contribution in [0.4, 0.5) is 0 Å². The molecule has 1 fully saturated rings. The highest BCUT2D eigenvalue weighted by atomic mass is 127. The van der Waals surface area contributed by atoms with Crippen LogP contribution in [0.1, 0.15) is 38.3 Å². The van der Waals surface area contributed by atoms with Crippen LogP contribution in [0.3, 0.4) is 0 Å². The summed E-state index contributed by atoms with van der Waals surface area (Å²) in [6, 6.07) is 8.42. The lowest BCUT2D eigenvalue weighted by molar-refractivity contribution is 0.269. The van der Waals surface area contributed by atoms with E-state index in [1.807, 2.05) is 12.1 Å². The van der Waals surface area contributed by atoms with Crippen molar-refractivity contribution in [1.29, 1.82) is 0 Å². The number of nitrogens with zero attached hydrogens (tertiary/aromatic N) is 3. The number of methoxy groups -OCH3 is 1. The van der Waals surface area contributed by atoms with Gasteiger partial charge >= 0.3 is 0 Å². The zero-order valence-corrected chi connectivity index (χ0v) is 19.2. The second kappa shape index (κ2) is 11.6. The van der Waals surface area contributed by atoms with Crippen LogP contribution in [0.5, 0.6) is 5.75 Å². The third kappa shape index (κ3) is 6.30. The van der Waals surface area contributed by atoms with Gasteiger partial charge in [-0.2, -0.15) is 0 Å². The molecule has 1 atom stereocenters. The van der Waals surface area contributed by atoms with Gasteiger partial charge in [-0.25, -0.2) is 0 Å². The van der Waals surface area contributed by atoms with E-state index in [2.05, 4.69) is 55.2 Å². The molecule has 0 aliphatic carbocycles. The Balaban J connectivity index is 0.00000338. The van der Waals surface area contributed by atoms with E-state index in [0.29, 0.717) is 6.54 Å². The maximum atomic E-state index is 5.56. The minimum absolute atomic E-state index is 0. The molecule has 0 saturated carbocycles. The van der Waals surface area contributed by atoms with Crippen molar-refractivity contribution in [3.8, 4) is 5.75 Å². The van der Waals surface area contributed by atoms with Crippen LogP contribution in [0.25, 0.3) is 0 Å². The van der Waals surface area contributed by atoms with E-state index < -0.39 is 0 Å². The van der Waals surface area contributed by atoms with Gasteiger partial charge in [-0.1, -0.05) is 25.1 Å². The lowest BCUT2D eigenvalue weighted by Gasteiger charge is -2.33. The zero-order chi connectivity index (χ0) is 18.2. The number of halogens is 1. The van der Waals surface area contributed by atoms with Gasteiger partial charge in [0.25, 0.3) is 0 Å². The second-order valence-corrected chi connectivity index (χ2v) is 7.09. The minimum Gasteiger partial charge on any atom is -0.496 e. The van der Waals surface area contributed by atoms with E-state index in [-0.39, 0.29) is 30.0 Å². The highest BCUT2D eigenvalue weighted by molar-refractivity contribution is 14.0. The van der Waals surface area contributed by atoms with E-state index in [1.54, 1.807) is 7.11 Å². The van der Waals surface area contributed by atoms with Gasteiger partial charge in [0.2, 0.25) is 0 Å². The van der Waals surface area contributed by atoms with Crippen molar-refractivity contribution in [2.24, 2.45) is 10.9 Å².